The maximum absolute atomic E-state index is 10.4. The first-order valence-electron chi connectivity index (χ1n) is 2.81. The van der Waals surface area contributed by atoms with E-state index in [1.165, 1.54) is 0 Å². The summed E-state index contributed by atoms with van der Waals surface area (Å²) in [5.41, 5.74) is 0. The number of carbonyl (C=O) groups is 1. The molecule has 0 spiro atoms. The summed E-state index contributed by atoms with van der Waals surface area (Å²) in [6, 6.07) is -0.332. The van der Waals surface area contributed by atoms with Crippen molar-refractivity contribution in [1.82, 2.24) is 5.32 Å². The highest BCUT2D eigenvalue weighted by molar-refractivity contribution is 6.64. The predicted molar refractivity (Wildman–Crippen MR) is 33.3 cm³/mol. The van der Waals surface area contributed by atoms with Crippen LogP contribution in [-0.2, 0) is 4.79 Å². The third kappa shape index (κ3) is 1.64. The summed E-state index contributed by atoms with van der Waals surface area (Å²) in [4.78, 5) is 10.4. The lowest BCUT2D eigenvalue weighted by molar-refractivity contribution is -0.113. The Labute approximate surface area is 58.0 Å². The number of β-amino-alcohol motifs (C(OH)–C–C–N with tert-alkyl or cyclic N) is 1. The number of rotatable bonds is 1. The van der Waals surface area contributed by atoms with Gasteiger partial charge in [0, 0.05) is 6.54 Å². The van der Waals surface area contributed by atoms with E-state index in [4.69, 9.17) is 16.7 Å². The van der Waals surface area contributed by atoms with Crippen molar-refractivity contribution in [3.63, 3.8) is 0 Å². The van der Waals surface area contributed by atoms with E-state index in [0.717, 1.165) is 0 Å². The van der Waals surface area contributed by atoms with Gasteiger partial charge in [-0.2, -0.15) is 0 Å². The molecule has 1 heterocycles. The smallest absolute Gasteiger partial charge is 0.238 e. The van der Waals surface area contributed by atoms with Gasteiger partial charge in [-0.1, -0.05) is 0 Å². The Kier molecular flexibility index (Phi) is 2.05. The van der Waals surface area contributed by atoms with Crippen molar-refractivity contribution in [3.05, 3.63) is 0 Å². The van der Waals surface area contributed by atoms with Crippen LogP contribution in [0.4, 0.5) is 0 Å². The van der Waals surface area contributed by atoms with Crippen LogP contribution < -0.4 is 5.32 Å². The van der Waals surface area contributed by atoms with E-state index in [9.17, 15) is 4.79 Å². The molecule has 1 aliphatic heterocycles. The van der Waals surface area contributed by atoms with Crippen LogP contribution in [0.1, 0.15) is 6.42 Å². The highest BCUT2D eigenvalue weighted by atomic mass is 35.5. The molecule has 1 aliphatic rings. The summed E-state index contributed by atoms with van der Waals surface area (Å²) in [5, 5.41) is 11.2. The summed E-state index contributed by atoms with van der Waals surface area (Å²) >= 11 is 5.14. The second-order valence-corrected chi connectivity index (χ2v) is 2.53. The minimum absolute atomic E-state index is 0.332. The normalized spacial score (nSPS) is 34.9. The third-order valence-electron chi connectivity index (χ3n) is 1.38. The summed E-state index contributed by atoms with van der Waals surface area (Å²) in [6.07, 6.45) is 0.0419. The zero-order chi connectivity index (χ0) is 6.85. The molecule has 0 saturated carbocycles. The topological polar surface area (TPSA) is 49.3 Å². The van der Waals surface area contributed by atoms with Crippen molar-refractivity contribution in [2.45, 2.75) is 18.6 Å². The standard InChI is InChI=1S/C5H8ClNO2/c6-5(9)4-1-3(8)2-7-4/h3-4,7-8H,1-2H2. The molecule has 0 bridgehead atoms. The van der Waals surface area contributed by atoms with Crippen LogP contribution in [0.3, 0.4) is 0 Å². The minimum atomic E-state index is -0.411. The maximum atomic E-state index is 10.4. The van der Waals surface area contributed by atoms with E-state index in [1.807, 2.05) is 0 Å². The Bertz CT molecular complexity index is 128. The van der Waals surface area contributed by atoms with Gasteiger partial charge in [0.1, 0.15) is 0 Å². The number of nitrogens with one attached hydrogen (secondary N) is 1. The van der Waals surface area contributed by atoms with Crippen LogP contribution in [0.15, 0.2) is 0 Å². The molecule has 9 heavy (non-hydrogen) atoms. The predicted octanol–water partition coefficient (Wildman–Crippen LogP) is -0.525. The quantitative estimate of drug-likeness (QED) is 0.493. The second kappa shape index (κ2) is 2.64. The summed E-state index contributed by atoms with van der Waals surface area (Å²) in [5.74, 6) is 0. The molecule has 1 saturated heterocycles. The van der Waals surface area contributed by atoms with Gasteiger partial charge in [-0.3, -0.25) is 4.79 Å². The van der Waals surface area contributed by atoms with Gasteiger partial charge in [0.05, 0.1) is 12.1 Å². The SMILES string of the molecule is O=C(Cl)C1CC(O)CN1. The Balaban J connectivity index is 2.39. The summed E-state index contributed by atoms with van der Waals surface area (Å²) in [6.45, 7) is 0.475. The van der Waals surface area contributed by atoms with Crippen molar-refractivity contribution in [3.8, 4) is 0 Å². The second-order valence-electron chi connectivity index (χ2n) is 2.15. The zero-order valence-corrected chi connectivity index (χ0v) is 5.56. The number of aliphatic hydroxyl groups excluding tert-OH is 1. The fourth-order valence-corrected chi connectivity index (χ4v) is 1.06. The van der Waals surface area contributed by atoms with E-state index in [0.29, 0.717) is 13.0 Å². The fraction of sp³-hybridized carbons (Fsp3) is 0.800. The van der Waals surface area contributed by atoms with Crippen LogP contribution in [0.25, 0.3) is 0 Å². The third-order valence-corrected chi connectivity index (χ3v) is 1.65. The van der Waals surface area contributed by atoms with Gasteiger partial charge in [-0.15, -0.1) is 0 Å². The molecule has 1 rings (SSSR count). The molecular weight excluding hydrogens is 142 g/mol. The van der Waals surface area contributed by atoms with Gasteiger partial charge in [0.2, 0.25) is 5.24 Å². The van der Waals surface area contributed by atoms with Crippen LogP contribution in [0.5, 0.6) is 0 Å². The van der Waals surface area contributed by atoms with Crippen molar-refractivity contribution >= 4 is 16.8 Å². The van der Waals surface area contributed by atoms with Gasteiger partial charge in [0.15, 0.2) is 0 Å². The van der Waals surface area contributed by atoms with Crippen molar-refractivity contribution in [2.24, 2.45) is 0 Å². The average molecular weight is 150 g/mol. The first-order chi connectivity index (χ1) is 4.20. The Morgan fingerprint density at radius 3 is 2.67 bits per heavy atom. The van der Waals surface area contributed by atoms with Gasteiger partial charge < -0.3 is 10.4 Å². The zero-order valence-electron chi connectivity index (χ0n) is 4.80. The molecule has 2 unspecified atom stereocenters. The molecule has 0 aliphatic carbocycles. The average Bonchev–Trinajstić information content (AvgIpc) is 2.14. The molecular formula is C5H8ClNO2. The lowest BCUT2D eigenvalue weighted by Gasteiger charge is -1.99. The van der Waals surface area contributed by atoms with Gasteiger partial charge in [0.25, 0.3) is 0 Å². The van der Waals surface area contributed by atoms with Crippen LogP contribution in [0.2, 0.25) is 0 Å². The monoisotopic (exact) mass is 149 g/mol. The highest BCUT2D eigenvalue weighted by Crippen LogP contribution is 2.08. The molecule has 0 radical (unpaired) electrons. The number of carbonyl (C=O) groups excluding carboxylic acids is 1. The van der Waals surface area contributed by atoms with E-state index in [2.05, 4.69) is 5.32 Å². The van der Waals surface area contributed by atoms with Crippen molar-refractivity contribution in [2.75, 3.05) is 6.54 Å². The van der Waals surface area contributed by atoms with Crippen LogP contribution in [0, 0.1) is 0 Å². The lowest BCUT2D eigenvalue weighted by Crippen LogP contribution is -2.26. The molecule has 2 N–H and O–H groups in total. The first-order valence-corrected chi connectivity index (χ1v) is 3.18. The number of hydrogen-bond donors (Lipinski definition) is 2. The molecule has 2 atom stereocenters. The number of hydrogen-bond acceptors (Lipinski definition) is 3. The number of aliphatic hydroxyl groups is 1. The Morgan fingerprint density at radius 2 is 2.44 bits per heavy atom. The minimum Gasteiger partial charge on any atom is -0.392 e. The van der Waals surface area contributed by atoms with E-state index in [-0.39, 0.29) is 6.04 Å². The molecule has 3 nitrogen and oxygen atoms in total. The molecule has 0 aromatic heterocycles. The summed E-state index contributed by atoms with van der Waals surface area (Å²) in [7, 11) is 0. The molecule has 52 valence electrons. The fourth-order valence-electron chi connectivity index (χ4n) is 0.890. The van der Waals surface area contributed by atoms with E-state index in [1.54, 1.807) is 0 Å². The molecule has 4 heteroatoms. The van der Waals surface area contributed by atoms with E-state index < -0.39 is 11.3 Å². The van der Waals surface area contributed by atoms with E-state index >= 15 is 0 Å². The van der Waals surface area contributed by atoms with Gasteiger partial charge in [-0.05, 0) is 18.0 Å². The lowest BCUT2D eigenvalue weighted by atomic mass is 10.2. The largest absolute Gasteiger partial charge is 0.392 e. The summed E-state index contributed by atoms with van der Waals surface area (Å²) < 4.78 is 0. The maximum Gasteiger partial charge on any atom is 0.238 e. The van der Waals surface area contributed by atoms with Gasteiger partial charge >= 0.3 is 0 Å². The first kappa shape index (κ1) is 6.99. The van der Waals surface area contributed by atoms with Crippen molar-refractivity contribution < 1.29 is 9.90 Å². The van der Waals surface area contributed by atoms with Gasteiger partial charge in [-0.25, -0.2) is 0 Å². The molecule has 1 fully saturated rings. The molecule has 0 aromatic rings. The van der Waals surface area contributed by atoms with Crippen molar-refractivity contribution in [1.29, 1.82) is 0 Å². The Morgan fingerprint density at radius 1 is 1.78 bits per heavy atom. The number of halogens is 1. The molecule has 0 aromatic carbocycles. The molecule has 0 amide bonds. The Hall–Kier alpha value is -0.120. The van der Waals surface area contributed by atoms with Crippen LogP contribution in [-0.4, -0.2) is 29.0 Å². The van der Waals surface area contributed by atoms with Crippen LogP contribution >= 0.6 is 11.6 Å². The highest BCUT2D eigenvalue weighted by Gasteiger charge is 2.26.